The van der Waals surface area contributed by atoms with Crippen molar-refractivity contribution in [3.05, 3.63) is 35.6 Å². The highest BCUT2D eigenvalue weighted by Gasteiger charge is 2.15. The zero-order chi connectivity index (χ0) is 15.1. The molecule has 20 heavy (non-hydrogen) atoms. The summed E-state index contributed by atoms with van der Waals surface area (Å²) in [5.74, 6) is -0.815. The number of nitrogens with zero attached hydrogens (tertiary/aromatic N) is 1. The minimum Gasteiger partial charge on any atom is -0.481 e. The van der Waals surface area contributed by atoms with Gasteiger partial charge in [-0.1, -0.05) is 26.0 Å². The number of carboxylic acids is 1. The third kappa shape index (κ3) is 6.12. The number of aliphatic hydroxyl groups excluding tert-OH is 1. The minimum absolute atomic E-state index is 0.0445. The molecule has 2 N–H and O–H groups in total. The molecule has 1 aromatic carbocycles. The molecule has 0 aliphatic rings. The molecule has 112 valence electrons. The van der Waals surface area contributed by atoms with Gasteiger partial charge in [-0.05, 0) is 23.6 Å². The maximum atomic E-state index is 12.8. The lowest BCUT2D eigenvalue weighted by Crippen LogP contribution is -2.33. The fourth-order valence-electron chi connectivity index (χ4n) is 2.06. The van der Waals surface area contributed by atoms with Gasteiger partial charge < -0.3 is 10.2 Å². The summed E-state index contributed by atoms with van der Waals surface area (Å²) in [5.41, 5.74) is 0.635. The topological polar surface area (TPSA) is 60.8 Å². The normalized spacial score (nSPS) is 12.9. The zero-order valence-electron chi connectivity index (χ0n) is 11.9. The maximum absolute atomic E-state index is 12.8. The number of aliphatic carboxylic acids is 1. The van der Waals surface area contributed by atoms with E-state index in [0.29, 0.717) is 31.1 Å². The van der Waals surface area contributed by atoms with E-state index in [4.69, 9.17) is 5.11 Å². The summed E-state index contributed by atoms with van der Waals surface area (Å²) in [7, 11) is 0. The molecule has 1 rings (SSSR count). The molecule has 0 saturated heterocycles. The third-order valence-corrected chi connectivity index (χ3v) is 2.95. The van der Waals surface area contributed by atoms with Gasteiger partial charge >= 0.3 is 5.97 Å². The summed E-state index contributed by atoms with van der Waals surface area (Å²) >= 11 is 0. The minimum atomic E-state index is -0.852. The molecule has 1 unspecified atom stereocenters. The number of hydrogen-bond donors (Lipinski definition) is 2. The Bertz CT molecular complexity index is 420. The van der Waals surface area contributed by atoms with Crippen LogP contribution in [0.25, 0.3) is 0 Å². The highest BCUT2D eigenvalue weighted by atomic mass is 19.1. The number of aliphatic hydroxyl groups is 1. The van der Waals surface area contributed by atoms with Crippen LogP contribution >= 0.6 is 0 Å². The van der Waals surface area contributed by atoms with E-state index in [2.05, 4.69) is 0 Å². The highest BCUT2D eigenvalue weighted by Crippen LogP contribution is 2.16. The predicted octanol–water partition coefficient (Wildman–Crippen LogP) is 2.29. The number of carboxylic acid groups (broad SMARTS) is 1. The number of hydrogen-bond acceptors (Lipinski definition) is 3. The molecule has 0 bridgehead atoms. The van der Waals surface area contributed by atoms with E-state index in [1.54, 1.807) is 12.1 Å². The first-order valence-corrected chi connectivity index (χ1v) is 6.76. The van der Waals surface area contributed by atoms with Gasteiger partial charge in [-0.25, -0.2) is 4.39 Å². The van der Waals surface area contributed by atoms with Crippen LogP contribution in [-0.2, 0) is 4.79 Å². The van der Waals surface area contributed by atoms with E-state index < -0.39 is 12.1 Å². The molecule has 0 amide bonds. The fourth-order valence-corrected chi connectivity index (χ4v) is 2.06. The van der Waals surface area contributed by atoms with Crippen LogP contribution in [0.2, 0.25) is 0 Å². The standard InChI is InChI=1S/C15H22FNO3/c1-11(2)9-17(8-7-15(19)20)10-14(18)12-3-5-13(16)6-4-12/h3-6,11,14,18H,7-10H2,1-2H3,(H,19,20). The Morgan fingerprint density at radius 1 is 1.25 bits per heavy atom. The Hall–Kier alpha value is -1.46. The van der Waals surface area contributed by atoms with E-state index in [1.165, 1.54) is 12.1 Å². The lowest BCUT2D eigenvalue weighted by atomic mass is 10.1. The van der Waals surface area contributed by atoms with E-state index in [9.17, 15) is 14.3 Å². The molecule has 0 aromatic heterocycles. The van der Waals surface area contributed by atoms with E-state index in [1.807, 2.05) is 18.7 Å². The summed E-state index contributed by atoms with van der Waals surface area (Å²) in [6.07, 6.45) is -0.703. The van der Waals surface area contributed by atoms with Crippen molar-refractivity contribution in [3.8, 4) is 0 Å². The first kappa shape index (κ1) is 16.6. The molecule has 0 saturated carbocycles. The number of carbonyl (C=O) groups is 1. The second-order valence-corrected chi connectivity index (χ2v) is 5.36. The predicted molar refractivity (Wildman–Crippen MR) is 74.9 cm³/mol. The molecule has 0 radical (unpaired) electrons. The van der Waals surface area contributed by atoms with Crippen molar-refractivity contribution in [3.63, 3.8) is 0 Å². The van der Waals surface area contributed by atoms with Crippen molar-refractivity contribution in [1.82, 2.24) is 4.90 Å². The van der Waals surface area contributed by atoms with Crippen LogP contribution in [0.15, 0.2) is 24.3 Å². The van der Waals surface area contributed by atoms with Crippen LogP contribution in [0.1, 0.15) is 31.9 Å². The first-order valence-electron chi connectivity index (χ1n) is 6.76. The van der Waals surface area contributed by atoms with Crippen molar-refractivity contribution in [2.24, 2.45) is 5.92 Å². The quantitative estimate of drug-likeness (QED) is 0.768. The van der Waals surface area contributed by atoms with Gasteiger partial charge in [0.05, 0.1) is 12.5 Å². The number of halogens is 1. The molecule has 0 heterocycles. The van der Waals surface area contributed by atoms with Gasteiger partial charge in [-0.3, -0.25) is 9.69 Å². The molecule has 1 atom stereocenters. The highest BCUT2D eigenvalue weighted by molar-refractivity contribution is 5.66. The summed E-state index contributed by atoms with van der Waals surface area (Å²) in [6.45, 7) is 5.53. The molecular weight excluding hydrogens is 261 g/mol. The first-order chi connectivity index (χ1) is 9.38. The van der Waals surface area contributed by atoms with Gasteiger partial charge in [0.1, 0.15) is 5.82 Å². The Balaban J connectivity index is 2.62. The maximum Gasteiger partial charge on any atom is 0.304 e. The molecule has 0 aliphatic heterocycles. The zero-order valence-corrected chi connectivity index (χ0v) is 11.9. The largest absolute Gasteiger partial charge is 0.481 e. The number of rotatable bonds is 8. The van der Waals surface area contributed by atoms with Crippen LogP contribution in [0.4, 0.5) is 4.39 Å². The van der Waals surface area contributed by atoms with Crippen LogP contribution in [0.5, 0.6) is 0 Å². The molecular formula is C15H22FNO3. The van der Waals surface area contributed by atoms with Crippen LogP contribution in [0.3, 0.4) is 0 Å². The van der Waals surface area contributed by atoms with Crippen molar-refractivity contribution in [1.29, 1.82) is 0 Å². The van der Waals surface area contributed by atoms with Gasteiger partial charge in [-0.15, -0.1) is 0 Å². The van der Waals surface area contributed by atoms with Gasteiger partial charge in [0.15, 0.2) is 0 Å². The van der Waals surface area contributed by atoms with Crippen molar-refractivity contribution in [2.75, 3.05) is 19.6 Å². The molecule has 0 spiro atoms. The van der Waals surface area contributed by atoms with Crippen LogP contribution in [-0.4, -0.2) is 40.7 Å². The summed E-state index contributed by atoms with van der Waals surface area (Å²) in [6, 6.07) is 5.71. The Labute approximate surface area is 118 Å². The molecule has 1 aromatic rings. The summed E-state index contributed by atoms with van der Waals surface area (Å²) in [4.78, 5) is 12.6. The Morgan fingerprint density at radius 2 is 1.85 bits per heavy atom. The van der Waals surface area contributed by atoms with Crippen LogP contribution < -0.4 is 0 Å². The van der Waals surface area contributed by atoms with Gasteiger partial charge in [0.25, 0.3) is 0 Å². The molecule has 4 nitrogen and oxygen atoms in total. The van der Waals surface area contributed by atoms with E-state index in [0.717, 1.165) is 0 Å². The Morgan fingerprint density at radius 3 is 2.35 bits per heavy atom. The van der Waals surface area contributed by atoms with Crippen molar-refractivity contribution >= 4 is 5.97 Å². The summed E-state index contributed by atoms with van der Waals surface area (Å²) < 4.78 is 12.8. The van der Waals surface area contributed by atoms with E-state index >= 15 is 0 Å². The average molecular weight is 283 g/mol. The third-order valence-electron chi connectivity index (χ3n) is 2.95. The van der Waals surface area contributed by atoms with Crippen molar-refractivity contribution in [2.45, 2.75) is 26.4 Å². The lowest BCUT2D eigenvalue weighted by molar-refractivity contribution is -0.137. The second kappa shape index (κ2) is 7.97. The van der Waals surface area contributed by atoms with Gasteiger partial charge in [0, 0.05) is 19.6 Å². The Kier molecular flexibility index (Phi) is 6.61. The molecule has 5 heteroatoms. The average Bonchev–Trinajstić information content (AvgIpc) is 2.36. The fraction of sp³-hybridized carbons (Fsp3) is 0.533. The smallest absolute Gasteiger partial charge is 0.304 e. The monoisotopic (exact) mass is 283 g/mol. The molecule has 0 fully saturated rings. The van der Waals surface area contributed by atoms with Gasteiger partial charge in [0.2, 0.25) is 0 Å². The van der Waals surface area contributed by atoms with Crippen molar-refractivity contribution < 1.29 is 19.4 Å². The second-order valence-electron chi connectivity index (χ2n) is 5.36. The number of benzene rings is 1. The SMILES string of the molecule is CC(C)CN(CCC(=O)O)CC(O)c1ccc(F)cc1. The lowest BCUT2D eigenvalue weighted by Gasteiger charge is -2.26. The van der Waals surface area contributed by atoms with Crippen LogP contribution in [0, 0.1) is 11.7 Å². The van der Waals surface area contributed by atoms with E-state index in [-0.39, 0.29) is 12.2 Å². The summed E-state index contributed by atoms with van der Waals surface area (Å²) in [5, 5.41) is 18.9. The molecule has 0 aliphatic carbocycles. The van der Waals surface area contributed by atoms with Gasteiger partial charge in [-0.2, -0.15) is 0 Å².